The highest BCUT2D eigenvalue weighted by molar-refractivity contribution is 8.00. The normalized spacial score (nSPS) is 10.9. The van der Waals surface area contributed by atoms with Crippen LogP contribution >= 0.6 is 23.1 Å². The average Bonchev–Trinajstić information content (AvgIpc) is 3.21. The fourth-order valence-corrected chi connectivity index (χ4v) is 5.33. The molecule has 1 amide bonds. The Morgan fingerprint density at radius 2 is 1.81 bits per heavy atom. The van der Waals surface area contributed by atoms with Crippen molar-refractivity contribution in [3.8, 4) is 5.75 Å². The third-order valence-corrected chi connectivity index (χ3v) is 6.98. The maximum absolute atomic E-state index is 13.3. The number of hydrogen-bond donors (Lipinski definition) is 0. The number of amides is 1. The summed E-state index contributed by atoms with van der Waals surface area (Å²) in [5, 5.41) is 0.743. The number of benzene rings is 3. The Labute approximate surface area is 190 Å². The zero-order valence-corrected chi connectivity index (χ0v) is 19.4. The third-order valence-electron chi connectivity index (χ3n) is 4.96. The van der Waals surface area contributed by atoms with Crippen LogP contribution < -0.4 is 9.64 Å². The minimum Gasteiger partial charge on any atom is -0.497 e. The summed E-state index contributed by atoms with van der Waals surface area (Å²) in [7, 11) is 1.65. The monoisotopic (exact) mass is 448 g/mol. The number of ether oxygens (including phenoxy) is 1. The van der Waals surface area contributed by atoms with Gasteiger partial charge in [0.25, 0.3) is 0 Å². The first-order valence-electron chi connectivity index (χ1n) is 10.0. The van der Waals surface area contributed by atoms with Crippen LogP contribution in [-0.2, 0) is 11.3 Å². The van der Waals surface area contributed by atoms with E-state index in [0.717, 1.165) is 37.1 Å². The molecule has 1 aromatic heterocycles. The summed E-state index contributed by atoms with van der Waals surface area (Å²) in [4.78, 5) is 21.0. The van der Waals surface area contributed by atoms with Gasteiger partial charge in [-0.3, -0.25) is 9.69 Å². The number of thioether (sulfide) groups is 1. The lowest BCUT2D eigenvalue weighted by Gasteiger charge is -2.20. The van der Waals surface area contributed by atoms with Gasteiger partial charge >= 0.3 is 0 Å². The first-order chi connectivity index (χ1) is 15.0. The van der Waals surface area contributed by atoms with Gasteiger partial charge in [-0.25, -0.2) is 4.98 Å². The molecule has 0 N–H and O–H groups in total. The molecule has 0 aliphatic heterocycles. The third kappa shape index (κ3) is 5.09. The van der Waals surface area contributed by atoms with Crippen LogP contribution in [-0.4, -0.2) is 23.8 Å². The largest absolute Gasteiger partial charge is 0.497 e. The molecule has 1 heterocycles. The summed E-state index contributed by atoms with van der Waals surface area (Å²) >= 11 is 3.10. The van der Waals surface area contributed by atoms with Gasteiger partial charge in [0.1, 0.15) is 5.75 Å². The van der Waals surface area contributed by atoms with Crippen molar-refractivity contribution < 1.29 is 9.53 Å². The van der Waals surface area contributed by atoms with E-state index >= 15 is 0 Å². The molecule has 0 spiro atoms. The number of carbonyl (C=O) groups excluding carboxylic acids is 1. The van der Waals surface area contributed by atoms with Gasteiger partial charge in [0, 0.05) is 4.90 Å². The Hall–Kier alpha value is -2.83. The summed E-state index contributed by atoms with van der Waals surface area (Å²) in [5.74, 6) is 1.19. The highest BCUT2D eigenvalue weighted by atomic mass is 32.2. The molecule has 3 aromatic carbocycles. The van der Waals surface area contributed by atoms with E-state index in [4.69, 9.17) is 9.72 Å². The van der Waals surface area contributed by atoms with Gasteiger partial charge in [-0.15, -0.1) is 11.8 Å². The molecular weight excluding hydrogens is 424 g/mol. The standard InChI is InChI=1S/C25H24N2O2S2/c1-17-13-18(2)24-22(14-17)31-25(26-24)27(15-19-7-5-4-6-8-19)23(28)16-30-21-11-9-20(29-3)10-12-21/h4-14H,15-16H2,1-3H3. The van der Waals surface area contributed by atoms with E-state index in [9.17, 15) is 4.79 Å². The van der Waals surface area contributed by atoms with Gasteiger partial charge < -0.3 is 4.74 Å². The second kappa shape index (κ2) is 9.54. The summed E-state index contributed by atoms with van der Waals surface area (Å²) in [6.45, 7) is 4.66. The minimum atomic E-state index is 0.0399. The minimum absolute atomic E-state index is 0.0399. The Bertz CT molecular complexity index is 1190. The van der Waals surface area contributed by atoms with Gasteiger partial charge in [0.2, 0.25) is 5.91 Å². The summed E-state index contributed by atoms with van der Waals surface area (Å²) in [6.07, 6.45) is 0. The molecule has 0 aliphatic rings. The number of nitrogens with zero attached hydrogens (tertiary/aromatic N) is 2. The lowest BCUT2D eigenvalue weighted by molar-refractivity contribution is -0.116. The van der Waals surface area contributed by atoms with E-state index in [0.29, 0.717) is 12.3 Å². The first kappa shape index (κ1) is 21.4. The number of methoxy groups -OCH3 is 1. The topological polar surface area (TPSA) is 42.4 Å². The molecule has 158 valence electrons. The molecular formula is C25H24N2O2S2. The number of aryl methyl sites for hydroxylation is 2. The van der Waals surface area contributed by atoms with Gasteiger partial charge in [0.05, 0.1) is 29.6 Å². The Balaban J connectivity index is 1.60. The second-order valence-electron chi connectivity index (χ2n) is 7.35. The summed E-state index contributed by atoms with van der Waals surface area (Å²) in [6, 6.07) is 22.1. The van der Waals surface area contributed by atoms with Crippen molar-refractivity contribution in [2.45, 2.75) is 25.3 Å². The fraction of sp³-hybridized carbons (Fsp3) is 0.200. The molecule has 0 unspecified atom stereocenters. The van der Waals surface area contributed by atoms with Crippen molar-refractivity contribution in [1.82, 2.24) is 4.98 Å². The molecule has 4 nitrogen and oxygen atoms in total. The molecule has 31 heavy (non-hydrogen) atoms. The van der Waals surface area contributed by atoms with Gasteiger partial charge in [-0.05, 0) is 60.9 Å². The number of aromatic nitrogens is 1. The molecule has 0 atom stereocenters. The van der Waals surface area contributed by atoms with Crippen molar-refractivity contribution >= 4 is 44.4 Å². The number of anilines is 1. The Morgan fingerprint density at radius 1 is 1.06 bits per heavy atom. The van der Waals surface area contributed by atoms with E-state index in [1.165, 1.54) is 17.3 Å². The van der Waals surface area contributed by atoms with Crippen LogP contribution in [0.1, 0.15) is 16.7 Å². The Kier molecular flexibility index (Phi) is 6.59. The van der Waals surface area contributed by atoms with Crippen LogP contribution in [0.3, 0.4) is 0 Å². The smallest absolute Gasteiger partial charge is 0.239 e. The Morgan fingerprint density at radius 3 is 2.52 bits per heavy atom. The van der Waals surface area contributed by atoms with Crippen LogP contribution in [0.2, 0.25) is 0 Å². The van der Waals surface area contributed by atoms with Crippen LogP contribution in [0.4, 0.5) is 5.13 Å². The van der Waals surface area contributed by atoms with Crippen molar-refractivity contribution in [3.63, 3.8) is 0 Å². The molecule has 0 fully saturated rings. The van der Waals surface area contributed by atoms with Gasteiger partial charge in [-0.2, -0.15) is 0 Å². The number of rotatable bonds is 7. The number of thiazole rings is 1. The number of fused-ring (bicyclic) bond motifs is 1. The highest BCUT2D eigenvalue weighted by Crippen LogP contribution is 2.33. The molecule has 0 saturated carbocycles. The molecule has 4 rings (SSSR count). The zero-order chi connectivity index (χ0) is 21.8. The molecule has 0 radical (unpaired) electrons. The molecule has 6 heteroatoms. The quantitative estimate of drug-likeness (QED) is 0.314. The van der Waals surface area contributed by atoms with Crippen molar-refractivity contribution in [2.24, 2.45) is 0 Å². The highest BCUT2D eigenvalue weighted by Gasteiger charge is 2.21. The number of carbonyl (C=O) groups is 1. The SMILES string of the molecule is COc1ccc(SCC(=O)N(Cc2ccccc2)c2nc3c(C)cc(C)cc3s2)cc1. The maximum Gasteiger partial charge on any atom is 0.239 e. The summed E-state index contributed by atoms with van der Waals surface area (Å²) < 4.78 is 6.32. The van der Waals surface area contributed by atoms with Gasteiger partial charge in [-0.1, -0.05) is 47.7 Å². The molecule has 0 bridgehead atoms. The van der Waals surface area contributed by atoms with E-state index in [1.807, 2.05) is 59.5 Å². The fourth-order valence-electron chi connectivity index (χ4n) is 3.40. The van der Waals surface area contributed by atoms with E-state index < -0.39 is 0 Å². The van der Waals surface area contributed by atoms with Crippen LogP contribution in [0.5, 0.6) is 5.75 Å². The average molecular weight is 449 g/mol. The van der Waals surface area contributed by atoms with Gasteiger partial charge in [0.15, 0.2) is 5.13 Å². The maximum atomic E-state index is 13.3. The molecule has 0 aliphatic carbocycles. The van der Waals surface area contributed by atoms with Crippen LogP contribution in [0.15, 0.2) is 71.6 Å². The van der Waals surface area contributed by atoms with E-state index in [-0.39, 0.29) is 5.91 Å². The lowest BCUT2D eigenvalue weighted by atomic mass is 10.1. The summed E-state index contributed by atoms with van der Waals surface area (Å²) in [5.41, 5.74) is 4.39. The lowest BCUT2D eigenvalue weighted by Crippen LogP contribution is -2.31. The van der Waals surface area contributed by atoms with Crippen molar-refractivity contribution in [2.75, 3.05) is 17.8 Å². The van der Waals surface area contributed by atoms with Crippen LogP contribution in [0, 0.1) is 13.8 Å². The predicted molar refractivity (Wildman–Crippen MR) is 130 cm³/mol. The van der Waals surface area contributed by atoms with Crippen LogP contribution in [0.25, 0.3) is 10.2 Å². The second-order valence-corrected chi connectivity index (χ2v) is 9.41. The zero-order valence-electron chi connectivity index (χ0n) is 17.8. The molecule has 4 aromatic rings. The first-order valence-corrected chi connectivity index (χ1v) is 11.8. The number of hydrogen-bond acceptors (Lipinski definition) is 5. The van der Waals surface area contributed by atoms with Crippen molar-refractivity contribution in [1.29, 1.82) is 0 Å². The molecule has 0 saturated heterocycles. The van der Waals surface area contributed by atoms with E-state index in [1.54, 1.807) is 18.4 Å². The van der Waals surface area contributed by atoms with E-state index in [2.05, 4.69) is 26.0 Å². The van der Waals surface area contributed by atoms with Crippen molar-refractivity contribution in [3.05, 3.63) is 83.4 Å². The predicted octanol–water partition coefficient (Wildman–Crippen LogP) is 6.25.